The van der Waals surface area contributed by atoms with Gasteiger partial charge in [-0.3, -0.25) is 9.78 Å². The predicted octanol–water partition coefficient (Wildman–Crippen LogP) is 2.13. The first-order valence-electron chi connectivity index (χ1n) is 7.99. The molecule has 0 fully saturated rings. The maximum atomic E-state index is 12.6. The molecule has 2 aromatic heterocycles. The minimum Gasteiger partial charge on any atom is -0.337 e. The summed E-state index contributed by atoms with van der Waals surface area (Å²) in [4.78, 5) is 19.3. The lowest BCUT2D eigenvalue weighted by Gasteiger charge is -2.11. The summed E-state index contributed by atoms with van der Waals surface area (Å²) in [6.07, 6.45) is 3.19. The highest BCUT2D eigenvalue weighted by atomic mass is 32.2. The van der Waals surface area contributed by atoms with Crippen molar-refractivity contribution < 1.29 is 17.7 Å². The second-order valence-corrected chi connectivity index (χ2v) is 7.46. The molecule has 3 rings (SSSR count). The van der Waals surface area contributed by atoms with E-state index in [1.54, 1.807) is 43.6 Å². The van der Waals surface area contributed by atoms with Gasteiger partial charge in [0, 0.05) is 30.6 Å². The van der Waals surface area contributed by atoms with Crippen molar-refractivity contribution in [3.8, 4) is 11.4 Å². The molecule has 0 aliphatic heterocycles. The number of aromatic nitrogens is 3. The van der Waals surface area contributed by atoms with Gasteiger partial charge in [-0.15, -0.1) is 0 Å². The van der Waals surface area contributed by atoms with Crippen LogP contribution in [0.4, 0.5) is 5.69 Å². The Hall–Kier alpha value is -3.11. The smallest absolute Gasteiger partial charge is 0.244 e. The number of carbonyl (C=O) groups excluding carboxylic acids is 1. The zero-order valence-corrected chi connectivity index (χ0v) is 15.4. The fourth-order valence-corrected chi connectivity index (χ4v) is 3.57. The number of rotatable bonds is 6. The largest absolute Gasteiger partial charge is 0.337 e. The Kier molecular flexibility index (Phi) is 5.28. The van der Waals surface area contributed by atoms with Crippen molar-refractivity contribution in [1.82, 2.24) is 19.8 Å². The molecular weight excluding hydrogens is 370 g/mol. The van der Waals surface area contributed by atoms with E-state index in [0.717, 1.165) is 0 Å². The number of amides is 1. The number of sulfonamides is 1. The third-order valence-corrected chi connectivity index (χ3v) is 5.09. The second-order valence-electron chi connectivity index (χ2n) is 5.74. The van der Waals surface area contributed by atoms with Crippen LogP contribution in [0.5, 0.6) is 0 Å². The lowest BCUT2D eigenvalue weighted by molar-refractivity contribution is -0.114. The van der Waals surface area contributed by atoms with Gasteiger partial charge >= 0.3 is 0 Å². The number of hydrogen-bond donors (Lipinski definition) is 2. The summed E-state index contributed by atoms with van der Waals surface area (Å²) in [6, 6.07) is 8.63. The fraction of sp³-hybridized carbons (Fsp3) is 0.176. The SMILES string of the molecule is CC(=O)Nc1cccc(S(=O)(=O)NC(C)c2nc(-c3ccncc3)no2)c1. The highest BCUT2D eigenvalue weighted by molar-refractivity contribution is 7.89. The van der Waals surface area contributed by atoms with E-state index in [9.17, 15) is 13.2 Å². The molecule has 0 aliphatic carbocycles. The fourth-order valence-electron chi connectivity index (χ4n) is 2.32. The van der Waals surface area contributed by atoms with Crippen molar-refractivity contribution in [2.45, 2.75) is 24.8 Å². The van der Waals surface area contributed by atoms with Crippen molar-refractivity contribution >= 4 is 21.6 Å². The number of benzene rings is 1. The maximum Gasteiger partial charge on any atom is 0.244 e. The summed E-state index contributed by atoms with van der Waals surface area (Å²) in [7, 11) is -3.86. The van der Waals surface area contributed by atoms with Gasteiger partial charge in [0.1, 0.15) is 0 Å². The summed E-state index contributed by atoms with van der Waals surface area (Å²) < 4.78 is 32.9. The number of anilines is 1. The van der Waals surface area contributed by atoms with Crippen LogP contribution in [0.2, 0.25) is 0 Å². The second kappa shape index (κ2) is 7.64. The van der Waals surface area contributed by atoms with Crippen LogP contribution in [-0.4, -0.2) is 29.4 Å². The highest BCUT2D eigenvalue weighted by Gasteiger charge is 2.23. The summed E-state index contributed by atoms with van der Waals surface area (Å²) in [5.74, 6) is 0.176. The Bertz CT molecular complexity index is 1050. The Labute approximate surface area is 155 Å². The lowest BCUT2D eigenvalue weighted by Crippen LogP contribution is -2.27. The van der Waals surface area contributed by atoms with Gasteiger partial charge in [-0.2, -0.15) is 9.71 Å². The zero-order valence-electron chi connectivity index (χ0n) is 14.6. The Balaban J connectivity index is 1.78. The Morgan fingerprint density at radius 3 is 2.63 bits per heavy atom. The van der Waals surface area contributed by atoms with Crippen LogP contribution in [0, 0.1) is 0 Å². The van der Waals surface area contributed by atoms with E-state index in [1.807, 2.05) is 0 Å². The van der Waals surface area contributed by atoms with Gasteiger partial charge in [0.15, 0.2) is 0 Å². The van der Waals surface area contributed by atoms with Gasteiger partial charge < -0.3 is 9.84 Å². The van der Waals surface area contributed by atoms with Crippen molar-refractivity contribution in [1.29, 1.82) is 0 Å². The zero-order chi connectivity index (χ0) is 19.4. The quantitative estimate of drug-likeness (QED) is 0.663. The average molecular weight is 387 g/mol. The number of pyridine rings is 1. The van der Waals surface area contributed by atoms with Crippen molar-refractivity contribution in [3.63, 3.8) is 0 Å². The van der Waals surface area contributed by atoms with E-state index in [4.69, 9.17) is 4.52 Å². The van der Waals surface area contributed by atoms with E-state index in [1.165, 1.54) is 19.1 Å². The molecule has 1 atom stereocenters. The summed E-state index contributed by atoms with van der Waals surface area (Å²) in [5.41, 5.74) is 1.09. The topological polar surface area (TPSA) is 127 Å². The molecule has 140 valence electrons. The van der Waals surface area contributed by atoms with E-state index in [2.05, 4.69) is 25.2 Å². The molecule has 0 saturated heterocycles. The van der Waals surface area contributed by atoms with E-state index < -0.39 is 16.1 Å². The standard InChI is InChI=1S/C17H17N5O4S/c1-11(17-20-16(21-26-17)13-6-8-18-9-7-13)22-27(24,25)15-5-3-4-14(10-15)19-12(2)23/h3-11,22H,1-2H3,(H,19,23). The van der Waals surface area contributed by atoms with Crippen molar-refractivity contribution in [3.05, 3.63) is 54.7 Å². The van der Waals surface area contributed by atoms with Crippen LogP contribution in [0.3, 0.4) is 0 Å². The van der Waals surface area contributed by atoms with Gasteiger partial charge in [0.2, 0.25) is 27.6 Å². The summed E-state index contributed by atoms with van der Waals surface area (Å²) in [6.45, 7) is 2.94. The van der Waals surface area contributed by atoms with E-state index in [0.29, 0.717) is 17.1 Å². The molecule has 2 heterocycles. The van der Waals surface area contributed by atoms with Gasteiger partial charge in [-0.1, -0.05) is 11.2 Å². The first kappa shape index (κ1) is 18.7. The van der Waals surface area contributed by atoms with Crippen LogP contribution in [0.15, 0.2) is 58.2 Å². The molecule has 2 N–H and O–H groups in total. The van der Waals surface area contributed by atoms with Crippen molar-refractivity contribution in [2.75, 3.05) is 5.32 Å². The molecule has 1 unspecified atom stereocenters. The molecular formula is C17H17N5O4S. The van der Waals surface area contributed by atoms with Gasteiger partial charge in [-0.05, 0) is 37.3 Å². The lowest BCUT2D eigenvalue weighted by atomic mass is 10.2. The first-order chi connectivity index (χ1) is 12.8. The van der Waals surface area contributed by atoms with Gasteiger partial charge in [0.25, 0.3) is 0 Å². The number of nitrogens with one attached hydrogen (secondary N) is 2. The molecule has 0 aliphatic rings. The Morgan fingerprint density at radius 1 is 1.19 bits per heavy atom. The van der Waals surface area contributed by atoms with Gasteiger partial charge in [0.05, 0.1) is 10.9 Å². The molecule has 9 nitrogen and oxygen atoms in total. The molecule has 3 aromatic rings. The normalized spacial score (nSPS) is 12.5. The first-order valence-corrected chi connectivity index (χ1v) is 9.47. The predicted molar refractivity (Wildman–Crippen MR) is 97.0 cm³/mol. The summed E-state index contributed by atoms with van der Waals surface area (Å²) >= 11 is 0. The minimum absolute atomic E-state index is 0.00877. The van der Waals surface area contributed by atoms with Crippen LogP contribution in [0.1, 0.15) is 25.8 Å². The Morgan fingerprint density at radius 2 is 1.93 bits per heavy atom. The molecule has 0 saturated carbocycles. The highest BCUT2D eigenvalue weighted by Crippen LogP contribution is 2.21. The minimum atomic E-state index is -3.86. The van der Waals surface area contributed by atoms with Crippen LogP contribution in [-0.2, 0) is 14.8 Å². The monoisotopic (exact) mass is 387 g/mol. The number of carbonyl (C=O) groups is 1. The summed E-state index contributed by atoms with van der Waals surface area (Å²) in [5, 5.41) is 6.41. The number of nitrogens with zero attached hydrogens (tertiary/aromatic N) is 3. The van der Waals surface area contributed by atoms with E-state index >= 15 is 0 Å². The van der Waals surface area contributed by atoms with E-state index in [-0.39, 0.29) is 16.7 Å². The van der Waals surface area contributed by atoms with Crippen molar-refractivity contribution in [2.24, 2.45) is 0 Å². The third-order valence-electron chi connectivity index (χ3n) is 3.55. The molecule has 0 radical (unpaired) electrons. The third kappa shape index (κ3) is 4.54. The molecule has 1 amide bonds. The van der Waals surface area contributed by atoms with Gasteiger partial charge in [-0.25, -0.2) is 8.42 Å². The molecule has 0 bridgehead atoms. The van der Waals surface area contributed by atoms with Crippen LogP contribution >= 0.6 is 0 Å². The molecule has 1 aromatic carbocycles. The average Bonchev–Trinajstić information content (AvgIpc) is 3.12. The molecule has 0 spiro atoms. The molecule has 10 heteroatoms. The molecule has 27 heavy (non-hydrogen) atoms. The maximum absolute atomic E-state index is 12.6. The number of hydrogen-bond acceptors (Lipinski definition) is 7. The van der Waals surface area contributed by atoms with Crippen LogP contribution in [0.25, 0.3) is 11.4 Å². The van der Waals surface area contributed by atoms with Crippen LogP contribution < -0.4 is 10.0 Å².